The summed E-state index contributed by atoms with van der Waals surface area (Å²) in [6, 6.07) is 0. The van der Waals surface area contributed by atoms with Crippen LogP contribution in [0.4, 0.5) is 0 Å². The standard InChI is InChI=1S/C8H17Br2OP/c1-3-4-5-6-7-8(2)11-12(9)10/h8H,3-7H2,1-2H3. The average molecular weight is 320 g/mol. The zero-order valence-electron chi connectivity index (χ0n) is 7.72. The molecule has 0 aliphatic rings. The van der Waals surface area contributed by atoms with Crippen LogP contribution in [0.2, 0.25) is 0 Å². The van der Waals surface area contributed by atoms with Gasteiger partial charge in [0.1, 0.15) is 0 Å². The van der Waals surface area contributed by atoms with Crippen molar-refractivity contribution < 1.29 is 4.52 Å². The molecule has 1 atom stereocenters. The fraction of sp³-hybridized carbons (Fsp3) is 1.00. The largest absolute Gasteiger partial charge is 0.335 e. The summed E-state index contributed by atoms with van der Waals surface area (Å²) in [5.74, 6) is 0. The van der Waals surface area contributed by atoms with Crippen molar-refractivity contribution in [2.75, 3.05) is 0 Å². The lowest BCUT2D eigenvalue weighted by Gasteiger charge is -2.12. The van der Waals surface area contributed by atoms with Crippen LogP contribution in [-0.2, 0) is 4.52 Å². The van der Waals surface area contributed by atoms with Crippen molar-refractivity contribution in [3.05, 3.63) is 0 Å². The van der Waals surface area contributed by atoms with Crippen LogP contribution in [0.15, 0.2) is 0 Å². The molecule has 0 aromatic rings. The van der Waals surface area contributed by atoms with Crippen molar-refractivity contribution in [2.24, 2.45) is 0 Å². The third-order valence-electron chi connectivity index (χ3n) is 1.72. The van der Waals surface area contributed by atoms with Crippen LogP contribution >= 0.6 is 36.5 Å². The van der Waals surface area contributed by atoms with Crippen molar-refractivity contribution in [3.8, 4) is 0 Å². The van der Waals surface area contributed by atoms with Gasteiger partial charge >= 0.3 is 0 Å². The number of unbranched alkanes of at least 4 members (excludes halogenated alkanes) is 3. The van der Waals surface area contributed by atoms with Crippen molar-refractivity contribution in [1.82, 2.24) is 0 Å². The van der Waals surface area contributed by atoms with Crippen molar-refractivity contribution in [3.63, 3.8) is 0 Å². The maximum atomic E-state index is 5.53. The second kappa shape index (κ2) is 8.93. The van der Waals surface area contributed by atoms with Gasteiger partial charge in [0.2, 0.25) is 0 Å². The van der Waals surface area contributed by atoms with Gasteiger partial charge in [-0.1, -0.05) is 32.6 Å². The smallest absolute Gasteiger partial charge is 0.171 e. The van der Waals surface area contributed by atoms with E-state index in [4.69, 9.17) is 4.52 Å². The van der Waals surface area contributed by atoms with Crippen molar-refractivity contribution in [1.29, 1.82) is 0 Å². The summed E-state index contributed by atoms with van der Waals surface area (Å²) in [7, 11) is 0. The molecule has 0 amide bonds. The lowest BCUT2D eigenvalue weighted by Crippen LogP contribution is -2.01. The summed E-state index contributed by atoms with van der Waals surface area (Å²) < 4.78 is 5.53. The first-order chi connectivity index (χ1) is 5.66. The molecular formula is C8H17Br2OP. The van der Waals surface area contributed by atoms with E-state index in [0.29, 0.717) is 6.10 Å². The molecule has 0 bridgehead atoms. The van der Waals surface area contributed by atoms with E-state index in [1.165, 1.54) is 32.1 Å². The van der Waals surface area contributed by atoms with Crippen molar-refractivity contribution in [2.45, 2.75) is 52.1 Å². The highest BCUT2D eigenvalue weighted by Gasteiger charge is 2.06. The topological polar surface area (TPSA) is 9.23 Å². The van der Waals surface area contributed by atoms with Gasteiger partial charge in [-0.05, 0) is 44.3 Å². The fourth-order valence-electron chi connectivity index (χ4n) is 1.05. The predicted molar refractivity (Wildman–Crippen MR) is 64.1 cm³/mol. The Morgan fingerprint density at radius 3 is 2.42 bits per heavy atom. The molecule has 12 heavy (non-hydrogen) atoms. The molecule has 0 aromatic carbocycles. The van der Waals surface area contributed by atoms with Gasteiger partial charge in [-0.3, -0.25) is 0 Å². The molecule has 0 saturated carbocycles. The molecule has 0 aliphatic heterocycles. The van der Waals surface area contributed by atoms with E-state index >= 15 is 0 Å². The van der Waals surface area contributed by atoms with E-state index in [2.05, 4.69) is 44.8 Å². The van der Waals surface area contributed by atoms with Gasteiger partial charge in [0.05, 0.1) is 6.10 Å². The Hall–Kier alpha value is 1.35. The lowest BCUT2D eigenvalue weighted by atomic mass is 10.1. The van der Waals surface area contributed by atoms with Gasteiger partial charge in [-0.2, -0.15) is 0 Å². The Balaban J connectivity index is 3.14. The Bertz CT molecular complexity index is 101. The molecule has 74 valence electrons. The summed E-state index contributed by atoms with van der Waals surface area (Å²) in [5.41, 5.74) is -0.539. The second-order valence-electron chi connectivity index (χ2n) is 2.97. The number of halogens is 2. The maximum Gasteiger partial charge on any atom is 0.171 e. The highest BCUT2D eigenvalue weighted by Crippen LogP contribution is 2.54. The van der Waals surface area contributed by atoms with Crippen LogP contribution in [0.25, 0.3) is 0 Å². The molecule has 0 radical (unpaired) electrons. The van der Waals surface area contributed by atoms with Gasteiger partial charge in [-0.15, -0.1) is 0 Å². The van der Waals surface area contributed by atoms with Crippen LogP contribution in [0.1, 0.15) is 46.0 Å². The normalized spacial score (nSPS) is 13.8. The lowest BCUT2D eigenvalue weighted by molar-refractivity contribution is 0.241. The quantitative estimate of drug-likeness (QED) is 0.452. The van der Waals surface area contributed by atoms with Crippen LogP contribution in [0.3, 0.4) is 0 Å². The van der Waals surface area contributed by atoms with Gasteiger partial charge in [0.25, 0.3) is 0 Å². The van der Waals surface area contributed by atoms with E-state index < -0.39 is 5.55 Å². The highest BCUT2D eigenvalue weighted by atomic mass is 79.9. The summed E-state index contributed by atoms with van der Waals surface area (Å²) in [4.78, 5) is 0. The van der Waals surface area contributed by atoms with E-state index in [9.17, 15) is 0 Å². The highest BCUT2D eigenvalue weighted by molar-refractivity contribution is 9.68. The van der Waals surface area contributed by atoms with Gasteiger partial charge < -0.3 is 4.52 Å². The van der Waals surface area contributed by atoms with Crippen LogP contribution in [0, 0.1) is 0 Å². The minimum absolute atomic E-state index is 0.381. The average Bonchev–Trinajstić information content (AvgIpc) is 1.97. The SMILES string of the molecule is CCCCCCC(C)OP(Br)Br. The molecule has 1 nitrogen and oxygen atoms in total. The minimum Gasteiger partial charge on any atom is -0.335 e. The third kappa shape index (κ3) is 9.44. The zero-order chi connectivity index (χ0) is 9.40. The molecule has 0 spiro atoms. The first kappa shape index (κ1) is 13.4. The Morgan fingerprint density at radius 2 is 1.92 bits per heavy atom. The van der Waals surface area contributed by atoms with E-state index in [-0.39, 0.29) is 0 Å². The number of hydrogen-bond donors (Lipinski definition) is 0. The number of hydrogen-bond acceptors (Lipinski definition) is 1. The summed E-state index contributed by atoms with van der Waals surface area (Å²) in [6.45, 7) is 4.36. The van der Waals surface area contributed by atoms with Crippen LogP contribution < -0.4 is 0 Å². The fourth-order valence-corrected chi connectivity index (χ4v) is 3.14. The molecule has 0 N–H and O–H groups in total. The summed E-state index contributed by atoms with van der Waals surface area (Å²) in [6.07, 6.45) is 6.84. The summed E-state index contributed by atoms with van der Waals surface area (Å²) in [5, 5.41) is 0. The molecule has 0 saturated heterocycles. The predicted octanol–water partition coefficient (Wildman–Crippen LogP) is 5.38. The van der Waals surface area contributed by atoms with Gasteiger partial charge in [-0.25, -0.2) is 0 Å². The Morgan fingerprint density at radius 1 is 1.25 bits per heavy atom. The van der Waals surface area contributed by atoms with Gasteiger partial charge in [0.15, 0.2) is 5.55 Å². The molecule has 0 heterocycles. The van der Waals surface area contributed by atoms with Crippen molar-refractivity contribution >= 4 is 36.5 Å². The third-order valence-corrected chi connectivity index (χ3v) is 3.25. The first-order valence-corrected chi connectivity index (χ1v) is 9.75. The maximum absolute atomic E-state index is 5.53. The molecule has 0 aliphatic carbocycles. The van der Waals surface area contributed by atoms with E-state index in [1.807, 2.05) is 0 Å². The summed E-state index contributed by atoms with van der Waals surface area (Å²) >= 11 is 6.71. The molecule has 0 fully saturated rings. The molecule has 0 aromatic heterocycles. The van der Waals surface area contributed by atoms with E-state index in [1.54, 1.807) is 0 Å². The Labute approximate surface area is 93.0 Å². The molecule has 0 rings (SSSR count). The molecular weight excluding hydrogens is 303 g/mol. The van der Waals surface area contributed by atoms with E-state index in [0.717, 1.165) is 0 Å². The van der Waals surface area contributed by atoms with Crippen LogP contribution in [-0.4, -0.2) is 6.10 Å². The van der Waals surface area contributed by atoms with Gasteiger partial charge in [0, 0.05) is 0 Å². The minimum atomic E-state index is -0.539. The Kier molecular flexibility index (Phi) is 9.93. The second-order valence-corrected chi connectivity index (χ2v) is 10.3. The molecule has 4 heteroatoms. The monoisotopic (exact) mass is 318 g/mol. The molecule has 1 unspecified atom stereocenters. The number of rotatable bonds is 7. The zero-order valence-corrected chi connectivity index (χ0v) is 11.8. The first-order valence-electron chi connectivity index (χ1n) is 4.45. The van der Waals surface area contributed by atoms with Crippen LogP contribution in [0.5, 0.6) is 0 Å².